The molecule has 3 amide bonds. The van der Waals surface area contributed by atoms with Gasteiger partial charge >= 0.3 is 6.03 Å². The smallest absolute Gasteiger partial charge is 0.317 e. The summed E-state index contributed by atoms with van der Waals surface area (Å²) in [5, 5.41) is 2.91. The average molecular weight is 379 g/mol. The number of hydrogen-bond acceptors (Lipinski definition) is 3. The first-order valence-corrected chi connectivity index (χ1v) is 9.67. The summed E-state index contributed by atoms with van der Waals surface area (Å²) in [6.45, 7) is 8.73. The summed E-state index contributed by atoms with van der Waals surface area (Å²) >= 11 is 0. The van der Waals surface area contributed by atoms with E-state index in [1.807, 2.05) is 25.7 Å². The van der Waals surface area contributed by atoms with Crippen molar-refractivity contribution in [2.45, 2.75) is 39.7 Å². The Morgan fingerprint density at radius 1 is 1.22 bits per heavy atom. The third-order valence-corrected chi connectivity index (χ3v) is 4.89. The van der Waals surface area contributed by atoms with Crippen LogP contribution in [0.25, 0.3) is 0 Å². The second-order valence-corrected chi connectivity index (χ2v) is 6.89. The van der Waals surface area contributed by atoms with Crippen molar-refractivity contribution in [2.75, 3.05) is 32.8 Å². The summed E-state index contributed by atoms with van der Waals surface area (Å²) < 4.78 is 18.4. The lowest BCUT2D eigenvalue weighted by Gasteiger charge is -2.34. The van der Waals surface area contributed by atoms with E-state index in [2.05, 4.69) is 5.32 Å². The molecule has 1 aliphatic heterocycles. The summed E-state index contributed by atoms with van der Waals surface area (Å²) in [4.78, 5) is 28.4. The number of halogens is 1. The van der Waals surface area contributed by atoms with Crippen LogP contribution in [-0.2, 0) is 4.79 Å². The minimum Gasteiger partial charge on any atom is -0.491 e. The maximum atomic E-state index is 12.9. The number of hydrogen-bond donors (Lipinski definition) is 1. The molecule has 0 radical (unpaired) electrons. The Hall–Kier alpha value is -2.31. The van der Waals surface area contributed by atoms with Gasteiger partial charge in [0.25, 0.3) is 0 Å². The number of nitrogens with one attached hydrogen (secondary N) is 1. The first kappa shape index (κ1) is 21.0. The largest absolute Gasteiger partial charge is 0.491 e. The van der Waals surface area contributed by atoms with Crippen molar-refractivity contribution in [1.29, 1.82) is 0 Å². The van der Waals surface area contributed by atoms with Crippen LogP contribution in [0.3, 0.4) is 0 Å². The fourth-order valence-electron chi connectivity index (χ4n) is 3.22. The summed E-state index contributed by atoms with van der Waals surface area (Å²) in [5.41, 5.74) is 0. The van der Waals surface area contributed by atoms with Crippen LogP contribution < -0.4 is 10.1 Å². The highest BCUT2D eigenvalue weighted by molar-refractivity contribution is 5.79. The van der Waals surface area contributed by atoms with E-state index in [0.717, 1.165) is 13.1 Å². The molecule has 27 heavy (non-hydrogen) atoms. The SMILES string of the molecule is CCN(CC)C(=O)C1CCN(C(=O)NC(C)COc2ccc(F)cc2)CC1. The van der Waals surface area contributed by atoms with Crippen molar-refractivity contribution in [3.8, 4) is 5.75 Å². The lowest BCUT2D eigenvalue weighted by atomic mass is 9.95. The molecule has 0 bridgehead atoms. The standard InChI is InChI=1S/C20H30FN3O3/c1-4-23(5-2)19(25)16-10-12-24(13-11-16)20(26)22-15(3)14-27-18-8-6-17(21)7-9-18/h6-9,15-16H,4-5,10-14H2,1-3H3,(H,22,26). The maximum absolute atomic E-state index is 12.9. The molecule has 0 saturated carbocycles. The number of piperidine rings is 1. The Morgan fingerprint density at radius 3 is 2.37 bits per heavy atom. The van der Waals surface area contributed by atoms with Crippen LogP contribution >= 0.6 is 0 Å². The predicted octanol–water partition coefficient (Wildman–Crippen LogP) is 2.88. The first-order valence-electron chi connectivity index (χ1n) is 9.67. The second kappa shape index (κ2) is 10.1. The summed E-state index contributed by atoms with van der Waals surface area (Å²) in [7, 11) is 0. The molecule has 2 rings (SSSR count). The third kappa shape index (κ3) is 6.12. The monoisotopic (exact) mass is 379 g/mol. The average Bonchev–Trinajstić information content (AvgIpc) is 2.68. The summed E-state index contributed by atoms with van der Waals surface area (Å²) in [6.07, 6.45) is 1.40. The molecule has 0 spiro atoms. The van der Waals surface area contributed by atoms with Gasteiger partial charge in [0.15, 0.2) is 0 Å². The van der Waals surface area contributed by atoms with Crippen molar-refractivity contribution in [3.63, 3.8) is 0 Å². The number of nitrogens with zero attached hydrogens (tertiary/aromatic N) is 2. The number of carbonyl (C=O) groups is 2. The van der Waals surface area contributed by atoms with Gasteiger partial charge in [-0.1, -0.05) is 0 Å². The van der Waals surface area contributed by atoms with Crippen molar-refractivity contribution < 1.29 is 18.7 Å². The fourth-order valence-corrected chi connectivity index (χ4v) is 3.22. The minimum atomic E-state index is -0.313. The molecular formula is C20H30FN3O3. The molecule has 0 aromatic heterocycles. The number of likely N-dealkylation sites (tertiary alicyclic amines) is 1. The Morgan fingerprint density at radius 2 is 1.81 bits per heavy atom. The molecule has 1 aromatic rings. The zero-order valence-electron chi connectivity index (χ0n) is 16.4. The number of rotatable bonds is 7. The molecule has 7 heteroatoms. The minimum absolute atomic E-state index is 0.00758. The number of urea groups is 1. The fraction of sp³-hybridized carbons (Fsp3) is 0.600. The van der Waals surface area contributed by atoms with Gasteiger partial charge in [-0.15, -0.1) is 0 Å². The quantitative estimate of drug-likeness (QED) is 0.792. The Labute approximate surface area is 160 Å². The van der Waals surface area contributed by atoms with Gasteiger partial charge in [0, 0.05) is 32.1 Å². The molecule has 1 aromatic carbocycles. The third-order valence-electron chi connectivity index (χ3n) is 4.89. The molecule has 1 aliphatic rings. The zero-order chi connectivity index (χ0) is 19.8. The normalized spacial score (nSPS) is 15.9. The van der Waals surface area contributed by atoms with E-state index in [0.29, 0.717) is 38.3 Å². The van der Waals surface area contributed by atoms with Crippen LogP contribution in [0.1, 0.15) is 33.6 Å². The van der Waals surface area contributed by atoms with E-state index >= 15 is 0 Å². The van der Waals surface area contributed by atoms with Crippen molar-refractivity contribution >= 4 is 11.9 Å². The van der Waals surface area contributed by atoms with Crippen LogP contribution in [0.5, 0.6) is 5.75 Å². The number of amides is 3. The number of carbonyl (C=O) groups excluding carboxylic acids is 2. The maximum Gasteiger partial charge on any atom is 0.317 e. The molecule has 1 unspecified atom stereocenters. The molecule has 1 atom stereocenters. The molecule has 1 saturated heterocycles. The summed E-state index contributed by atoms with van der Waals surface area (Å²) in [6, 6.07) is 5.46. The van der Waals surface area contributed by atoms with Gasteiger partial charge in [-0.05, 0) is 57.9 Å². The van der Waals surface area contributed by atoms with E-state index in [-0.39, 0.29) is 29.7 Å². The van der Waals surface area contributed by atoms with Gasteiger partial charge in [0.05, 0.1) is 6.04 Å². The molecule has 1 fully saturated rings. The van der Waals surface area contributed by atoms with Gasteiger partial charge in [0.1, 0.15) is 18.2 Å². The second-order valence-electron chi connectivity index (χ2n) is 6.89. The molecule has 6 nitrogen and oxygen atoms in total. The Bertz CT molecular complexity index is 611. The lowest BCUT2D eigenvalue weighted by Crippen LogP contribution is -2.50. The van der Waals surface area contributed by atoms with Crippen LogP contribution in [-0.4, -0.2) is 60.6 Å². The molecule has 1 heterocycles. The Kier molecular flexibility index (Phi) is 7.88. The highest BCUT2D eigenvalue weighted by atomic mass is 19.1. The van der Waals surface area contributed by atoms with Gasteiger partial charge in [0.2, 0.25) is 5.91 Å². The van der Waals surface area contributed by atoms with Crippen LogP contribution in [0.15, 0.2) is 24.3 Å². The van der Waals surface area contributed by atoms with Crippen molar-refractivity contribution in [1.82, 2.24) is 15.1 Å². The highest BCUT2D eigenvalue weighted by Gasteiger charge is 2.29. The number of ether oxygens (including phenoxy) is 1. The molecular weight excluding hydrogens is 349 g/mol. The topological polar surface area (TPSA) is 61.9 Å². The van der Waals surface area contributed by atoms with Crippen LogP contribution in [0, 0.1) is 11.7 Å². The van der Waals surface area contributed by atoms with Gasteiger partial charge in [-0.3, -0.25) is 4.79 Å². The van der Waals surface area contributed by atoms with E-state index in [4.69, 9.17) is 4.74 Å². The van der Waals surface area contributed by atoms with E-state index in [9.17, 15) is 14.0 Å². The molecule has 0 aliphatic carbocycles. The van der Waals surface area contributed by atoms with Gasteiger partial charge in [-0.25, -0.2) is 9.18 Å². The van der Waals surface area contributed by atoms with Gasteiger partial charge < -0.3 is 19.9 Å². The lowest BCUT2D eigenvalue weighted by molar-refractivity contribution is -0.136. The van der Waals surface area contributed by atoms with Crippen LogP contribution in [0.2, 0.25) is 0 Å². The summed E-state index contributed by atoms with van der Waals surface area (Å²) in [5.74, 6) is 0.453. The van der Waals surface area contributed by atoms with Crippen molar-refractivity contribution in [2.24, 2.45) is 5.92 Å². The van der Waals surface area contributed by atoms with E-state index in [1.54, 1.807) is 17.0 Å². The van der Waals surface area contributed by atoms with E-state index in [1.165, 1.54) is 12.1 Å². The van der Waals surface area contributed by atoms with Crippen molar-refractivity contribution in [3.05, 3.63) is 30.1 Å². The molecule has 150 valence electrons. The molecule has 1 N–H and O–H groups in total. The predicted molar refractivity (Wildman–Crippen MR) is 102 cm³/mol. The van der Waals surface area contributed by atoms with Crippen LogP contribution in [0.4, 0.5) is 9.18 Å². The highest BCUT2D eigenvalue weighted by Crippen LogP contribution is 2.20. The van der Waals surface area contributed by atoms with E-state index < -0.39 is 0 Å². The first-order chi connectivity index (χ1) is 12.9. The zero-order valence-corrected chi connectivity index (χ0v) is 16.4. The Balaban J connectivity index is 1.73. The van der Waals surface area contributed by atoms with Gasteiger partial charge in [-0.2, -0.15) is 0 Å². The number of benzene rings is 1.